The van der Waals surface area contributed by atoms with Crippen molar-refractivity contribution in [2.75, 3.05) is 38.2 Å². The molecule has 37 heavy (non-hydrogen) atoms. The molecule has 2 heterocycles. The van der Waals surface area contributed by atoms with Gasteiger partial charge in [0.1, 0.15) is 11.6 Å². The van der Waals surface area contributed by atoms with Crippen molar-refractivity contribution in [3.63, 3.8) is 0 Å². The molecule has 4 rings (SSSR count). The molecule has 1 amide bonds. The average molecular weight is 551 g/mol. The molecule has 2 aromatic carbocycles. The minimum Gasteiger partial charge on any atom is -0.493 e. The van der Waals surface area contributed by atoms with Crippen LogP contribution in [0.1, 0.15) is 41.0 Å². The molecule has 0 radical (unpaired) electrons. The number of carbonyl (C=O) groups is 1. The molecule has 0 atom stereocenters. The van der Waals surface area contributed by atoms with Crippen LogP contribution in [0, 0.1) is 18.7 Å². The normalized spacial score (nSPS) is 13.9. The van der Waals surface area contributed by atoms with Crippen LogP contribution in [0.3, 0.4) is 0 Å². The van der Waals surface area contributed by atoms with Gasteiger partial charge in [0.2, 0.25) is 0 Å². The summed E-state index contributed by atoms with van der Waals surface area (Å²) in [4.78, 5) is 14.9. The van der Waals surface area contributed by atoms with E-state index in [4.69, 9.17) is 21.1 Å². The number of aromatic nitrogens is 2. The third kappa shape index (κ3) is 7.92. The third-order valence-electron chi connectivity index (χ3n) is 5.95. The summed E-state index contributed by atoms with van der Waals surface area (Å²) >= 11 is 6.22. The maximum absolute atomic E-state index is 14.7. The number of nitrogens with one attached hydrogen (secondary N) is 1. The van der Waals surface area contributed by atoms with Crippen LogP contribution in [-0.2, 0) is 17.8 Å². The van der Waals surface area contributed by atoms with Crippen LogP contribution in [0.25, 0.3) is 0 Å². The molecule has 0 saturated carbocycles. The Balaban J connectivity index is 0.00000380. The molecule has 1 N–H and O–H groups in total. The molecule has 1 aliphatic rings. The van der Waals surface area contributed by atoms with Gasteiger partial charge in [0.25, 0.3) is 5.91 Å². The number of anilines is 1. The molecule has 200 valence electrons. The number of benzene rings is 2. The fourth-order valence-corrected chi connectivity index (χ4v) is 4.16. The van der Waals surface area contributed by atoms with Crippen molar-refractivity contribution in [3.05, 3.63) is 75.7 Å². The lowest BCUT2D eigenvalue weighted by Gasteiger charge is -2.26. The van der Waals surface area contributed by atoms with E-state index in [1.807, 2.05) is 19.1 Å². The molecule has 0 aliphatic carbocycles. The number of ether oxygens (including phenoxy) is 2. The second kappa shape index (κ2) is 13.2. The summed E-state index contributed by atoms with van der Waals surface area (Å²) < 4.78 is 27.8. The summed E-state index contributed by atoms with van der Waals surface area (Å²) in [5, 5.41) is 7.92. The van der Waals surface area contributed by atoms with E-state index in [-0.39, 0.29) is 18.0 Å². The highest BCUT2D eigenvalue weighted by atomic mass is 35.5. The van der Waals surface area contributed by atoms with Crippen molar-refractivity contribution < 1.29 is 18.7 Å². The van der Waals surface area contributed by atoms with Crippen molar-refractivity contribution in [2.45, 2.75) is 33.9 Å². The zero-order chi connectivity index (χ0) is 25.7. The predicted octanol–water partition coefficient (Wildman–Crippen LogP) is 5.57. The molecule has 1 fully saturated rings. The van der Waals surface area contributed by atoms with Gasteiger partial charge in [0.05, 0.1) is 26.4 Å². The molecule has 0 spiro atoms. The quantitative estimate of drug-likeness (QED) is 0.377. The Morgan fingerprint density at radius 1 is 1.14 bits per heavy atom. The molecule has 0 bridgehead atoms. The lowest BCUT2D eigenvalue weighted by molar-refractivity contribution is 0.0337. The summed E-state index contributed by atoms with van der Waals surface area (Å²) in [5.74, 6) is 0.717. The van der Waals surface area contributed by atoms with Crippen LogP contribution >= 0.6 is 24.0 Å². The minimum atomic E-state index is -0.416. The van der Waals surface area contributed by atoms with Crippen LogP contribution in [0.4, 0.5) is 10.2 Å². The molecule has 7 nitrogen and oxygen atoms in total. The number of morpholine rings is 1. The zero-order valence-electron chi connectivity index (χ0n) is 21.3. The molecule has 1 aliphatic heterocycles. The van der Waals surface area contributed by atoms with Gasteiger partial charge in [-0.25, -0.2) is 4.39 Å². The van der Waals surface area contributed by atoms with E-state index in [1.54, 1.807) is 28.9 Å². The Labute approximate surface area is 228 Å². The van der Waals surface area contributed by atoms with Crippen molar-refractivity contribution >= 4 is 35.7 Å². The molecule has 10 heteroatoms. The van der Waals surface area contributed by atoms with E-state index < -0.39 is 11.7 Å². The van der Waals surface area contributed by atoms with Crippen LogP contribution < -0.4 is 10.1 Å². The van der Waals surface area contributed by atoms with Gasteiger partial charge < -0.3 is 14.8 Å². The molecular weight excluding hydrogens is 518 g/mol. The second-order valence-corrected chi connectivity index (χ2v) is 9.87. The highest BCUT2D eigenvalue weighted by Gasteiger charge is 2.17. The average Bonchev–Trinajstić information content (AvgIpc) is 3.18. The number of carbonyl (C=O) groups excluding carboxylic acids is 1. The van der Waals surface area contributed by atoms with E-state index in [1.165, 1.54) is 6.07 Å². The predicted molar refractivity (Wildman–Crippen MR) is 146 cm³/mol. The first kappa shape index (κ1) is 28.9. The first-order valence-corrected chi connectivity index (χ1v) is 12.5. The van der Waals surface area contributed by atoms with Crippen molar-refractivity contribution in [1.29, 1.82) is 0 Å². The number of nitrogens with zero attached hydrogens (tertiary/aromatic N) is 3. The van der Waals surface area contributed by atoms with Gasteiger partial charge >= 0.3 is 0 Å². The van der Waals surface area contributed by atoms with E-state index in [0.29, 0.717) is 55.2 Å². The molecule has 1 saturated heterocycles. The summed E-state index contributed by atoms with van der Waals surface area (Å²) in [5.41, 5.74) is 2.55. The first-order chi connectivity index (χ1) is 17.3. The highest BCUT2D eigenvalue weighted by molar-refractivity contribution is 6.30. The van der Waals surface area contributed by atoms with E-state index in [0.717, 1.165) is 30.1 Å². The van der Waals surface area contributed by atoms with Gasteiger partial charge in [0, 0.05) is 53.1 Å². The lowest BCUT2D eigenvalue weighted by Crippen LogP contribution is -2.35. The lowest BCUT2D eigenvalue weighted by atomic mass is 10.1. The maximum atomic E-state index is 14.7. The van der Waals surface area contributed by atoms with Crippen LogP contribution in [0.5, 0.6) is 5.75 Å². The highest BCUT2D eigenvalue weighted by Crippen LogP contribution is 2.25. The standard InChI is InChI=1S/C27H32ClFN4O3.ClH/c1-18(2)17-36-25-7-6-23(28)13-22(25)16-33-19(3)12-26(31-33)30-27(34)20-4-5-21(24(29)14-20)15-32-8-10-35-11-9-32;/h4-7,12-14,18H,8-11,15-17H2,1-3H3,(H,30,31,34);1H. The summed E-state index contributed by atoms with van der Waals surface area (Å²) in [6, 6.07) is 11.9. The SMILES string of the molecule is Cc1cc(NC(=O)c2ccc(CN3CCOCC3)c(F)c2)nn1Cc1cc(Cl)ccc1OCC(C)C.Cl. The van der Waals surface area contributed by atoms with Gasteiger partial charge in [-0.05, 0) is 43.2 Å². The fraction of sp³-hybridized carbons (Fsp3) is 0.407. The number of rotatable bonds is 9. The number of hydrogen-bond donors (Lipinski definition) is 1. The van der Waals surface area contributed by atoms with E-state index >= 15 is 0 Å². The number of halogens is 3. The Morgan fingerprint density at radius 3 is 2.59 bits per heavy atom. The summed E-state index contributed by atoms with van der Waals surface area (Å²) in [6.45, 7) is 10.4. The number of aryl methyl sites for hydroxylation is 1. The Morgan fingerprint density at radius 2 is 1.89 bits per heavy atom. The fourth-order valence-electron chi connectivity index (χ4n) is 3.97. The molecule has 0 unspecified atom stereocenters. The molecule has 1 aromatic heterocycles. The summed E-state index contributed by atoms with van der Waals surface area (Å²) in [6.07, 6.45) is 0. The van der Waals surface area contributed by atoms with Crippen LogP contribution in [-0.4, -0.2) is 53.5 Å². The van der Waals surface area contributed by atoms with Crippen LogP contribution in [0.2, 0.25) is 5.02 Å². The summed E-state index contributed by atoms with van der Waals surface area (Å²) in [7, 11) is 0. The molecular formula is C27H33Cl2FN4O3. The first-order valence-electron chi connectivity index (χ1n) is 12.1. The zero-order valence-corrected chi connectivity index (χ0v) is 22.9. The topological polar surface area (TPSA) is 68.6 Å². The van der Waals surface area contributed by atoms with Crippen LogP contribution in [0.15, 0.2) is 42.5 Å². The van der Waals surface area contributed by atoms with Gasteiger partial charge in [-0.1, -0.05) is 31.5 Å². The maximum Gasteiger partial charge on any atom is 0.256 e. The van der Waals surface area contributed by atoms with Gasteiger partial charge in [-0.2, -0.15) is 5.10 Å². The van der Waals surface area contributed by atoms with Gasteiger partial charge in [-0.15, -0.1) is 12.4 Å². The Hall–Kier alpha value is -2.65. The van der Waals surface area contributed by atoms with E-state index in [2.05, 4.69) is 29.2 Å². The van der Waals surface area contributed by atoms with Crippen molar-refractivity contribution in [1.82, 2.24) is 14.7 Å². The Kier molecular flexibility index (Phi) is 10.3. The van der Waals surface area contributed by atoms with Gasteiger partial charge in [0.15, 0.2) is 5.82 Å². The van der Waals surface area contributed by atoms with E-state index in [9.17, 15) is 9.18 Å². The number of amides is 1. The Bertz CT molecular complexity index is 1210. The second-order valence-electron chi connectivity index (χ2n) is 9.43. The smallest absolute Gasteiger partial charge is 0.256 e. The number of hydrogen-bond acceptors (Lipinski definition) is 5. The van der Waals surface area contributed by atoms with Crippen molar-refractivity contribution in [3.8, 4) is 5.75 Å². The minimum absolute atomic E-state index is 0. The largest absolute Gasteiger partial charge is 0.493 e. The third-order valence-corrected chi connectivity index (χ3v) is 6.19. The molecule has 3 aromatic rings. The monoisotopic (exact) mass is 550 g/mol. The van der Waals surface area contributed by atoms with Gasteiger partial charge in [-0.3, -0.25) is 14.4 Å². The van der Waals surface area contributed by atoms with Crippen molar-refractivity contribution in [2.24, 2.45) is 5.92 Å².